The molecule has 0 saturated heterocycles. The molecule has 0 bridgehead atoms. The van der Waals surface area contributed by atoms with Gasteiger partial charge >= 0.3 is 0 Å². The summed E-state index contributed by atoms with van der Waals surface area (Å²) in [6.45, 7) is 3.37. The van der Waals surface area contributed by atoms with Crippen LogP contribution in [0.1, 0.15) is 20.3 Å². The van der Waals surface area contributed by atoms with Crippen LogP contribution in [-0.2, 0) is 14.6 Å². The summed E-state index contributed by atoms with van der Waals surface area (Å²) in [4.78, 5) is 11.7. The van der Waals surface area contributed by atoms with Gasteiger partial charge in [-0.25, -0.2) is 8.42 Å². The van der Waals surface area contributed by atoms with Crippen LogP contribution in [0.2, 0.25) is 0 Å². The number of nitrogen functional groups attached to an aromatic ring is 1. The van der Waals surface area contributed by atoms with Crippen LogP contribution in [0.4, 0.5) is 11.4 Å². The van der Waals surface area contributed by atoms with E-state index in [1.165, 1.54) is 0 Å². The fraction of sp³-hybridized carbons (Fsp3) is 0.417. The zero-order chi connectivity index (χ0) is 13.8. The first-order valence-corrected chi connectivity index (χ1v) is 7.44. The predicted molar refractivity (Wildman–Crippen MR) is 73.0 cm³/mol. The highest BCUT2D eigenvalue weighted by atomic mass is 32.2. The van der Waals surface area contributed by atoms with E-state index in [-0.39, 0.29) is 0 Å². The van der Waals surface area contributed by atoms with Gasteiger partial charge in [0.1, 0.15) is 5.75 Å². The standard InChI is InChI=1S/C12H18N2O3S/c1-3-9(2)18(16,17)8-12(15)14-11-7-5-4-6-10(11)13/h4-7,9H,3,8,13H2,1-2H3,(H,14,15). The van der Waals surface area contributed by atoms with Crippen molar-refractivity contribution in [3.8, 4) is 0 Å². The van der Waals surface area contributed by atoms with Crippen LogP contribution < -0.4 is 11.1 Å². The number of anilines is 2. The van der Waals surface area contributed by atoms with Crippen LogP contribution in [0.15, 0.2) is 24.3 Å². The third-order valence-corrected chi connectivity index (χ3v) is 4.98. The van der Waals surface area contributed by atoms with Crippen molar-refractivity contribution in [2.45, 2.75) is 25.5 Å². The van der Waals surface area contributed by atoms with Gasteiger partial charge in [-0.3, -0.25) is 4.79 Å². The Labute approximate surface area is 107 Å². The molecule has 1 amide bonds. The summed E-state index contributed by atoms with van der Waals surface area (Å²) in [5.41, 5.74) is 6.50. The van der Waals surface area contributed by atoms with Crippen molar-refractivity contribution < 1.29 is 13.2 Å². The van der Waals surface area contributed by atoms with E-state index in [0.29, 0.717) is 17.8 Å². The van der Waals surface area contributed by atoms with E-state index in [4.69, 9.17) is 5.73 Å². The fourth-order valence-corrected chi connectivity index (χ4v) is 2.61. The Balaban J connectivity index is 2.72. The largest absolute Gasteiger partial charge is 0.397 e. The van der Waals surface area contributed by atoms with E-state index in [0.717, 1.165) is 0 Å². The lowest BCUT2D eigenvalue weighted by Crippen LogP contribution is -2.29. The Morgan fingerprint density at radius 2 is 2.00 bits per heavy atom. The van der Waals surface area contributed by atoms with Crippen molar-refractivity contribution in [2.24, 2.45) is 0 Å². The third kappa shape index (κ3) is 3.73. The maximum absolute atomic E-state index is 11.8. The zero-order valence-electron chi connectivity index (χ0n) is 10.5. The molecular weight excluding hydrogens is 252 g/mol. The number of sulfone groups is 1. The van der Waals surface area contributed by atoms with Gasteiger partial charge in [0, 0.05) is 0 Å². The molecule has 1 aromatic rings. The van der Waals surface area contributed by atoms with E-state index >= 15 is 0 Å². The van der Waals surface area contributed by atoms with Crippen molar-refractivity contribution in [1.82, 2.24) is 0 Å². The van der Waals surface area contributed by atoms with Crippen molar-refractivity contribution in [3.05, 3.63) is 24.3 Å². The van der Waals surface area contributed by atoms with E-state index < -0.39 is 26.7 Å². The molecular formula is C12H18N2O3S. The van der Waals surface area contributed by atoms with Gasteiger partial charge in [-0.15, -0.1) is 0 Å². The lowest BCUT2D eigenvalue weighted by Gasteiger charge is -2.11. The first-order valence-electron chi connectivity index (χ1n) is 5.72. The van der Waals surface area contributed by atoms with Gasteiger partial charge in [-0.2, -0.15) is 0 Å². The van der Waals surface area contributed by atoms with Gasteiger partial charge in [-0.1, -0.05) is 19.1 Å². The number of hydrogen-bond acceptors (Lipinski definition) is 4. The minimum atomic E-state index is -3.40. The number of nitrogens with two attached hydrogens (primary N) is 1. The maximum atomic E-state index is 11.8. The molecule has 0 heterocycles. The summed E-state index contributed by atoms with van der Waals surface area (Å²) >= 11 is 0. The molecule has 3 N–H and O–H groups in total. The molecule has 0 spiro atoms. The lowest BCUT2D eigenvalue weighted by atomic mass is 10.3. The van der Waals surface area contributed by atoms with Crippen LogP contribution in [0.25, 0.3) is 0 Å². The molecule has 5 nitrogen and oxygen atoms in total. The molecule has 0 aliphatic carbocycles. The van der Waals surface area contributed by atoms with E-state index in [1.807, 2.05) is 0 Å². The zero-order valence-corrected chi connectivity index (χ0v) is 11.3. The highest BCUT2D eigenvalue weighted by Gasteiger charge is 2.23. The molecule has 100 valence electrons. The van der Waals surface area contributed by atoms with Gasteiger partial charge < -0.3 is 11.1 Å². The van der Waals surface area contributed by atoms with Crippen LogP contribution in [0.5, 0.6) is 0 Å². The van der Waals surface area contributed by atoms with Gasteiger partial charge in [-0.05, 0) is 25.5 Å². The van der Waals surface area contributed by atoms with E-state index in [2.05, 4.69) is 5.32 Å². The van der Waals surface area contributed by atoms with Gasteiger partial charge in [0.05, 0.1) is 16.6 Å². The van der Waals surface area contributed by atoms with Crippen LogP contribution in [0, 0.1) is 0 Å². The maximum Gasteiger partial charge on any atom is 0.239 e. The average molecular weight is 270 g/mol. The minimum Gasteiger partial charge on any atom is -0.397 e. The number of carbonyl (C=O) groups is 1. The highest BCUT2D eigenvalue weighted by molar-refractivity contribution is 7.92. The summed E-state index contributed by atoms with van der Waals surface area (Å²) in [6.07, 6.45) is 0.489. The van der Waals surface area contributed by atoms with Crippen LogP contribution in [0.3, 0.4) is 0 Å². The Morgan fingerprint density at radius 3 is 2.56 bits per heavy atom. The minimum absolute atomic E-state index is 0.409. The average Bonchev–Trinajstić information content (AvgIpc) is 2.30. The van der Waals surface area contributed by atoms with Gasteiger partial charge in [0.25, 0.3) is 0 Å². The molecule has 0 radical (unpaired) electrons. The molecule has 1 atom stereocenters. The second kappa shape index (κ2) is 5.86. The predicted octanol–water partition coefficient (Wildman–Crippen LogP) is 1.42. The Morgan fingerprint density at radius 1 is 1.39 bits per heavy atom. The Hall–Kier alpha value is -1.56. The molecule has 1 rings (SSSR count). The van der Waals surface area contributed by atoms with Crippen molar-refractivity contribution >= 4 is 27.1 Å². The topological polar surface area (TPSA) is 89.3 Å². The number of nitrogens with one attached hydrogen (secondary N) is 1. The van der Waals surface area contributed by atoms with Gasteiger partial charge in [0.2, 0.25) is 5.91 Å². The normalized spacial score (nSPS) is 13.0. The third-order valence-electron chi connectivity index (χ3n) is 2.76. The quantitative estimate of drug-likeness (QED) is 0.792. The molecule has 0 aromatic heterocycles. The lowest BCUT2D eigenvalue weighted by molar-refractivity contribution is -0.113. The number of carbonyl (C=O) groups excluding carboxylic acids is 1. The molecule has 18 heavy (non-hydrogen) atoms. The number of para-hydroxylation sites is 2. The first-order chi connectivity index (χ1) is 8.36. The molecule has 1 aromatic carbocycles. The van der Waals surface area contributed by atoms with E-state index in [1.54, 1.807) is 38.1 Å². The van der Waals surface area contributed by atoms with Crippen LogP contribution >= 0.6 is 0 Å². The summed E-state index contributed by atoms with van der Waals surface area (Å²) < 4.78 is 23.5. The molecule has 0 fully saturated rings. The summed E-state index contributed by atoms with van der Waals surface area (Å²) in [6, 6.07) is 6.72. The smallest absolute Gasteiger partial charge is 0.239 e. The van der Waals surface area contributed by atoms with Crippen molar-refractivity contribution in [3.63, 3.8) is 0 Å². The molecule has 0 aliphatic heterocycles. The number of rotatable bonds is 5. The number of benzene rings is 1. The van der Waals surface area contributed by atoms with Gasteiger partial charge in [0.15, 0.2) is 9.84 Å². The molecule has 0 aliphatic rings. The second-order valence-corrected chi connectivity index (χ2v) is 6.58. The number of hydrogen-bond donors (Lipinski definition) is 2. The highest BCUT2D eigenvalue weighted by Crippen LogP contribution is 2.17. The molecule has 6 heteroatoms. The Bertz CT molecular complexity index is 526. The Kier molecular flexibility index (Phi) is 4.72. The number of amides is 1. The molecule has 0 saturated carbocycles. The van der Waals surface area contributed by atoms with Crippen molar-refractivity contribution in [1.29, 1.82) is 0 Å². The van der Waals surface area contributed by atoms with E-state index in [9.17, 15) is 13.2 Å². The molecule has 1 unspecified atom stereocenters. The summed E-state index contributed by atoms with van der Waals surface area (Å²) in [5, 5.41) is 1.98. The second-order valence-electron chi connectivity index (χ2n) is 4.16. The summed E-state index contributed by atoms with van der Waals surface area (Å²) in [5.74, 6) is -1.08. The SMILES string of the molecule is CCC(C)S(=O)(=O)CC(=O)Nc1ccccc1N. The first kappa shape index (κ1) is 14.5. The fourth-order valence-electron chi connectivity index (χ4n) is 1.38. The monoisotopic (exact) mass is 270 g/mol. The van der Waals surface area contributed by atoms with Crippen molar-refractivity contribution in [2.75, 3.05) is 16.8 Å². The van der Waals surface area contributed by atoms with Crippen LogP contribution in [-0.4, -0.2) is 25.3 Å². The summed E-state index contributed by atoms with van der Waals surface area (Å²) in [7, 11) is -3.40.